The zero-order chi connectivity index (χ0) is 16.4. The third kappa shape index (κ3) is 3.10. The molecule has 1 unspecified atom stereocenters. The van der Waals surface area contributed by atoms with E-state index in [-0.39, 0.29) is 5.78 Å². The molecule has 0 amide bonds. The molecule has 0 fully saturated rings. The van der Waals surface area contributed by atoms with Crippen molar-refractivity contribution >= 4 is 38.9 Å². The van der Waals surface area contributed by atoms with Gasteiger partial charge >= 0.3 is 5.97 Å². The number of Topliss-reactive ketones (excluding diaryl/α,β-unsaturated/α-hetero) is 1. The molecule has 5 heteroatoms. The van der Waals surface area contributed by atoms with Crippen molar-refractivity contribution < 1.29 is 14.7 Å². The van der Waals surface area contributed by atoms with Crippen LogP contribution >= 0.6 is 11.3 Å². The highest BCUT2D eigenvalue weighted by atomic mass is 32.1. The molecule has 23 heavy (non-hydrogen) atoms. The zero-order valence-corrected chi connectivity index (χ0v) is 13.3. The van der Waals surface area contributed by atoms with Gasteiger partial charge in [0.1, 0.15) is 0 Å². The van der Waals surface area contributed by atoms with Crippen molar-refractivity contribution in [1.82, 2.24) is 0 Å². The van der Waals surface area contributed by atoms with Gasteiger partial charge in [0.05, 0.1) is 0 Å². The maximum atomic E-state index is 11.7. The molecule has 2 N–H and O–H groups in total. The number of aliphatic carboxylic acids is 1. The van der Waals surface area contributed by atoms with Gasteiger partial charge < -0.3 is 10.4 Å². The van der Waals surface area contributed by atoms with Gasteiger partial charge in [0.2, 0.25) is 0 Å². The van der Waals surface area contributed by atoms with Crippen LogP contribution in [0, 0.1) is 0 Å². The molecule has 4 nitrogen and oxygen atoms in total. The van der Waals surface area contributed by atoms with Gasteiger partial charge in [-0.15, -0.1) is 11.3 Å². The van der Waals surface area contributed by atoms with Gasteiger partial charge in [-0.05, 0) is 35.9 Å². The maximum absolute atomic E-state index is 11.7. The monoisotopic (exact) mass is 325 g/mol. The first-order valence-electron chi connectivity index (χ1n) is 7.13. The zero-order valence-electron chi connectivity index (χ0n) is 12.4. The van der Waals surface area contributed by atoms with E-state index < -0.39 is 12.0 Å². The molecule has 0 aliphatic rings. The second-order valence-electron chi connectivity index (χ2n) is 5.24. The predicted molar refractivity (Wildman–Crippen MR) is 92.3 cm³/mol. The Balaban J connectivity index is 1.98. The number of carbonyl (C=O) groups excluding carboxylic acids is 1. The van der Waals surface area contributed by atoms with Crippen molar-refractivity contribution in [3.05, 3.63) is 65.0 Å². The van der Waals surface area contributed by atoms with Gasteiger partial charge in [0.25, 0.3) is 0 Å². The molecule has 1 atom stereocenters. The molecule has 0 radical (unpaired) electrons. The van der Waals surface area contributed by atoms with E-state index >= 15 is 0 Å². The number of carboxylic acid groups (broad SMARTS) is 1. The molecule has 0 spiro atoms. The van der Waals surface area contributed by atoms with E-state index in [1.807, 2.05) is 29.6 Å². The normalized spacial score (nSPS) is 12.0. The summed E-state index contributed by atoms with van der Waals surface area (Å²) in [5, 5.41) is 15.4. The van der Waals surface area contributed by atoms with E-state index in [4.69, 9.17) is 0 Å². The third-order valence-corrected chi connectivity index (χ3v) is 4.63. The summed E-state index contributed by atoms with van der Waals surface area (Å²) in [5.41, 5.74) is 1.89. The summed E-state index contributed by atoms with van der Waals surface area (Å²) in [6.07, 6.45) is 0. The van der Waals surface area contributed by atoms with Crippen LogP contribution in [0.4, 0.5) is 5.69 Å². The highest BCUT2D eigenvalue weighted by Crippen LogP contribution is 2.32. The quantitative estimate of drug-likeness (QED) is 0.685. The van der Waals surface area contributed by atoms with Crippen LogP contribution in [0.25, 0.3) is 10.1 Å². The van der Waals surface area contributed by atoms with Crippen molar-refractivity contribution in [2.75, 3.05) is 5.32 Å². The second-order valence-corrected chi connectivity index (χ2v) is 6.15. The number of rotatable bonds is 5. The number of ketones is 1. The van der Waals surface area contributed by atoms with Crippen LogP contribution in [-0.2, 0) is 4.79 Å². The van der Waals surface area contributed by atoms with Crippen LogP contribution in [0.3, 0.4) is 0 Å². The molecular formula is C18H15NO3S. The molecule has 0 bridgehead atoms. The number of benzene rings is 2. The van der Waals surface area contributed by atoms with Gasteiger partial charge in [0, 0.05) is 21.5 Å². The van der Waals surface area contributed by atoms with Gasteiger partial charge in [-0.1, -0.05) is 30.3 Å². The molecule has 2 aromatic carbocycles. The number of carboxylic acids is 1. The standard InChI is InChI=1S/C18H15NO3S/c1-11(20)12-5-4-6-13(9-12)19-17(18(21)22)15-10-23-16-8-3-2-7-14(15)16/h2-10,17,19H,1H3,(H,21,22). The Bertz CT molecular complexity index is 885. The molecule has 1 aromatic heterocycles. The largest absolute Gasteiger partial charge is 0.479 e. The minimum atomic E-state index is -0.957. The molecule has 0 aliphatic heterocycles. The number of carbonyl (C=O) groups is 2. The average Bonchev–Trinajstić information content (AvgIpc) is 2.96. The summed E-state index contributed by atoms with van der Waals surface area (Å²) >= 11 is 1.52. The molecule has 116 valence electrons. The Labute approximate surface area is 137 Å². The Kier molecular flexibility index (Phi) is 4.12. The lowest BCUT2D eigenvalue weighted by molar-refractivity contribution is -0.138. The smallest absolute Gasteiger partial charge is 0.330 e. The predicted octanol–water partition coefficient (Wildman–Crippen LogP) is 4.34. The van der Waals surface area contributed by atoms with Gasteiger partial charge in [0.15, 0.2) is 11.8 Å². The Morgan fingerprint density at radius 3 is 2.65 bits per heavy atom. The molecule has 0 saturated heterocycles. The van der Waals surface area contributed by atoms with Crippen LogP contribution < -0.4 is 5.32 Å². The number of hydrogen-bond donors (Lipinski definition) is 2. The molecule has 3 rings (SSSR count). The molecule has 1 heterocycles. The maximum Gasteiger partial charge on any atom is 0.330 e. The SMILES string of the molecule is CC(=O)c1cccc(NC(C(=O)O)c2csc3ccccc23)c1. The first-order chi connectivity index (χ1) is 11.1. The van der Waals surface area contributed by atoms with Crippen LogP contribution in [-0.4, -0.2) is 16.9 Å². The van der Waals surface area contributed by atoms with Crippen LogP contribution in [0.2, 0.25) is 0 Å². The summed E-state index contributed by atoms with van der Waals surface area (Å²) < 4.78 is 1.05. The summed E-state index contributed by atoms with van der Waals surface area (Å²) in [4.78, 5) is 23.2. The van der Waals surface area contributed by atoms with E-state index in [0.717, 1.165) is 15.6 Å². The highest BCUT2D eigenvalue weighted by Gasteiger charge is 2.23. The first-order valence-corrected chi connectivity index (χ1v) is 8.00. The summed E-state index contributed by atoms with van der Waals surface area (Å²) in [6.45, 7) is 1.49. The third-order valence-electron chi connectivity index (χ3n) is 3.65. The summed E-state index contributed by atoms with van der Waals surface area (Å²) in [7, 11) is 0. The summed E-state index contributed by atoms with van der Waals surface area (Å²) in [6, 6.07) is 13.7. The van der Waals surface area contributed by atoms with Crippen molar-refractivity contribution in [1.29, 1.82) is 0 Å². The Hall–Kier alpha value is -2.66. The van der Waals surface area contributed by atoms with Gasteiger partial charge in [-0.25, -0.2) is 4.79 Å². The second kappa shape index (κ2) is 6.22. The number of anilines is 1. The fourth-order valence-corrected chi connectivity index (χ4v) is 3.48. The fourth-order valence-electron chi connectivity index (χ4n) is 2.49. The average molecular weight is 325 g/mol. The van der Waals surface area contributed by atoms with Crippen LogP contribution in [0.1, 0.15) is 28.9 Å². The van der Waals surface area contributed by atoms with E-state index in [1.54, 1.807) is 24.3 Å². The van der Waals surface area contributed by atoms with Crippen molar-refractivity contribution in [2.24, 2.45) is 0 Å². The molecular weight excluding hydrogens is 310 g/mol. The molecule has 0 aliphatic carbocycles. The van der Waals surface area contributed by atoms with Crippen molar-refractivity contribution in [3.63, 3.8) is 0 Å². The number of thiophene rings is 1. The highest BCUT2D eigenvalue weighted by molar-refractivity contribution is 7.17. The summed E-state index contributed by atoms with van der Waals surface area (Å²) in [5.74, 6) is -1.01. The fraction of sp³-hybridized carbons (Fsp3) is 0.111. The van der Waals surface area contributed by atoms with Crippen LogP contribution in [0.5, 0.6) is 0 Å². The van der Waals surface area contributed by atoms with Crippen molar-refractivity contribution in [2.45, 2.75) is 13.0 Å². The van der Waals surface area contributed by atoms with Gasteiger partial charge in [-0.3, -0.25) is 4.79 Å². The van der Waals surface area contributed by atoms with E-state index in [1.165, 1.54) is 18.3 Å². The Morgan fingerprint density at radius 2 is 1.91 bits per heavy atom. The van der Waals surface area contributed by atoms with Crippen molar-refractivity contribution in [3.8, 4) is 0 Å². The topological polar surface area (TPSA) is 66.4 Å². The van der Waals surface area contributed by atoms with E-state index in [9.17, 15) is 14.7 Å². The minimum absolute atomic E-state index is 0.0542. The lowest BCUT2D eigenvalue weighted by Gasteiger charge is -2.16. The lowest BCUT2D eigenvalue weighted by Crippen LogP contribution is -2.20. The van der Waals surface area contributed by atoms with E-state index in [2.05, 4.69) is 5.32 Å². The lowest BCUT2D eigenvalue weighted by atomic mass is 10.0. The van der Waals surface area contributed by atoms with E-state index in [0.29, 0.717) is 11.3 Å². The molecule has 3 aromatic rings. The van der Waals surface area contributed by atoms with Crippen LogP contribution in [0.15, 0.2) is 53.9 Å². The molecule has 0 saturated carbocycles. The van der Waals surface area contributed by atoms with Gasteiger partial charge in [-0.2, -0.15) is 0 Å². The minimum Gasteiger partial charge on any atom is -0.479 e. The Morgan fingerprint density at radius 1 is 1.13 bits per heavy atom. The number of hydrogen-bond acceptors (Lipinski definition) is 4. The first kappa shape index (κ1) is 15.2. The number of nitrogens with one attached hydrogen (secondary N) is 1. The number of fused-ring (bicyclic) bond motifs is 1.